The molecule has 0 saturated heterocycles. The highest BCUT2D eigenvalue weighted by atomic mass is 19.1. The predicted octanol–water partition coefficient (Wildman–Crippen LogP) is 3.45. The van der Waals surface area contributed by atoms with Crippen LogP contribution in [0.2, 0.25) is 0 Å². The summed E-state index contributed by atoms with van der Waals surface area (Å²) >= 11 is 0. The third kappa shape index (κ3) is 4.19. The van der Waals surface area contributed by atoms with Crippen molar-refractivity contribution in [3.8, 4) is 11.5 Å². The van der Waals surface area contributed by atoms with Crippen LogP contribution < -0.4 is 5.32 Å². The fourth-order valence-corrected chi connectivity index (χ4v) is 2.06. The van der Waals surface area contributed by atoms with Crippen LogP contribution in [0.1, 0.15) is 11.5 Å². The van der Waals surface area contributed by atoms with Crippen molar-refractivity contribution < 1.29 is 18.0 Å². The van der Waals surface area contributed by atoms with E-state index < -0.39 is 0 Å². The summed E-state index contributed by atoms with van der Waals surface area (Å²) < 4.78 is 23.4. The normalized spacial score (nSPS) is 11.0. The molecule has 3 rings (SSSR count). The number of carbonyl (C=O) groups excluding carboxylic acids is 1. The molecule has 0 fully saturated rings. The van der Waals surface area contributed by atoms with Gasteiger partial charge in [-0.05, 0) is 42.5 Å². The van der Waals surface area contributed by atoms with Crippen molar-refractivity contribution in [3.63, 3.8) is 0 Å². The molecule has 2 aromatic heterocycles. The van der Waals surface area contributed by atoms with E-state index in [0.29, 0.717) is 35.9 Å². The summed E-state index contributed by atoms with van der Waals surface area (Å²) in [6.45, 7) is 0.427. The Hall–Kier alpha value is -3.15. The number of amides is 1. The van der Waals surface area contributed by atoms with Crippen LogP contribution in [0.25, 0.3) is 17.5 Å². The lowest BCUT2D eigenvalue weighted by Gasteiger charge is -1.99. The zero-order valence-electron chi connectivity index (χ0n) is 12.7. The van der Waals surface area contributed by atoms with E-state index >= 15 is 0 Å². The first kappa shape index (κ1) is 15.7. The largest absolute Gasteiger partial charge is 0.465 e. The van der Waals surface area contributed by atoms with E-state index in [2.05, 4.69) is 10.3 Å². The van der Waals surface area contributed by atoms with Crippen LogP contribution in [-0.2, 0) is 11.2 Å². The maximum Gasteiger partial charge on any atom is 0.244 e. The van der Waals surface area contributed by atoms with E-state index in [1.165, 1.54) is 24.5 Å². The summed E-state index contributed by atoms with van der Waals surface area (Å²) in [5.74, 6) is 0.518. The Balaban J connectivity index is 1.49. The van der Waals surface area contributed by atoms with Crippen LogP contribution in [0.5, 0.6) is 0 Å². The Morgan fingerprint density at radius 3 is 2.79 bits per heavy atom. The van der Waals surface area contributed by atoms with Gasteiger partial charge in [0.05, 0.1) is 12.0 Å². The molecule has 1 amide bonds. The second-order valence-electron chi connectivity index (χ2n) is 5.04. The third-order valence-corrected chi connectivity index (χ3v) is 3.27. The first-order valence-corrected chi connectivity index (χ1v) is 7.40. The predicted molar refractivity (Wildman–Crippen MR) is 86.4 cm³/mol. The Bertz CT molecular complexity index is 820. The van der Waals surface area contributed by atoms with Crippen molar-refractivity contribution in [2.45, 2.75) is 6.42 Å². The van der Waals surface area contributed by atoms with Gasteiger partial charge in [0.1, 0.15) is 17.8 Å². The molecule has 0 unspecified atom stereocenters. The van der Waals surface area contributed by atoms with Crippen LogP contribution in [0.15, 0.2) is 63.8 Å². The number of aromatic nitrogens is 1. The molecule has 2 heterocycles. The Morgan fingerprint density at radius 2 is 2.04 bits per heavy atom. The van der Waals surface area contributed by atoms with Gasteiger partial charge in [0.2, 0.25) is 11.8 Å². The van der Waals surface area contributed by atoms with E-state index in [-0.39, 0.29) is 11.7 Å². The van der Waals surface area contributed by atoms with Crippen molar-refractivity contribution >= 4 is 12.0 Å². The first-order valence-electron chi connectivity index (χ1n) is 7.40. The van der Waals surface area contributed by atoms with E-state index in [1.54, 1.807) is 36.6 Å². The molecule has 0 radical (unpaired) electrons. The maximum absolute atomic E-state index is 12.9. The SMILES string of the molecule is O=C(/C=C/c1ccco1)NCCc1coc(-c2ccc(F)cc2)n1. The van der Waals surface area contributed by atoms with Crippen molar-refractivity contribution in [1.82, 2.24) is 10.3 Å². The summed E-state index contributed by atoms with van der Waals surface area (Å²) in [6, 6.07) is 9.42. The first-order chi connectivity index (χ1) is 11.7. The highest BCUT2D eigenvalue weighted by Crippen LogP contribution is 2.18. The van der Waals surface area contributed by atoms with Crippen molar-refractivity contribution in [2.75, 3.05) is 6.54 Å². The summed E-state index contributed by atoms with van der Waals surface area (Å²) in [6.07, 6.45) is 6.61. The van der Waals surface area contributed by atoms with Crippen LogP contribution in [0.3, 0.4) is 0 Å². The monoisotopic (exact) mass is 326 g/mol. The van der Waals surface area contributed by atoms with Gasteiger partial charge in [0, 0.05) is 24.6 Å². The lowest BCUT2D eigenvalue weighted by atomic mass is 10.2. The van der Waals surface area contributed by atoms with Crippen molar-refractivity contribution in [2.24, 2.45) is 0 Å². The van der Waals surface area contributed by atoms with Crippen molar-refractivity contribution in [3.05, 3.63) is 72.3 Å². The average molecular weight is 326 g/mol. The van der Waals surface area contributed by atoms with E-state index in [9.17, 15) is 9.18 Å². The number of rotatable bonds is 6. The summed E-state index contributed by atoms with van der Waals surface area (Å²) in [5, 5.41) is 2.75. The Morgan fingerprint density at radius 1 is 1.21 bits per heavy atom. The zero-order valence-corrected chi connectivity index (χ0v) is 12.7. The average Bonchev–Trinajstić information content (AvgIpc) is 3.25. The molecule has 0 aliphatic rings. The van der Waals surface area contributed by atoms with Crippen LogP contribution in [-0.4, -0.2) is 17.4 Å². The van der Waals surface area contributed by atoms with Gasteiger partial charge in [-0.15, -0.1) is 0 Å². The molecule has 0 aliphatic heterocycles. The van der Waals surface area contributed by atoms with E-state index in [0.717, 1.165) is 0 Å². The number of hydrogen-bond donors (Lipinski definition) is 1. The number of oxazole rings is 1. The zero-order chi connectivity index (χ0) is 16.8. The van der Waals surface area contributed by atoms with Gasteiger partial charge in [-0.25, -0.2) is 9.37 Å². The number of hydrogen-bond acceptors (Lipinski definition) is 4. The van der Waals surface area contributed by atoms with Gasteiger partial charge in [0.25, 0.3) is 0 Å². The highest BCUT2D eigenvalue weighted by Gasteiger charge is 2.07. The quantitative estimate of drug-likeness (QED) is 0.705. The summed E-state index contributed by atoms with van der Waals surface area (Å²) in [7, 11) is 0. The molecule has 3 aromatic rings. The van der Waals surface area contributed by atoms with Gasteiger partial charge in [-0.3, -0.25) is 4.79 Å². The van der Waals surface area contributed by atoms with Crippen LogP contribution in [0, 0.1) is 5.82 Å². The lowest BCUT2D eigenvalue weighted by Crippen LogP contribution is -2.23. The molecule has 5 nitrogen and oxygen atoms in total. The number of nitrogens with one attached hydrogen (secondary N) is 1. The van der Waals surface area contributed by atoms with E-state index in [4.69, 9.17) is 8.83 Å². The number of benzene rings is 1. The molecule has 0 atom stereocenters. The minimum atomic E-state index is -0.309. The second-order valence-corrected chi connectivity index (χ2v) is 5.04. The fourth-order valence-electron chi connectivity index (χ4n) is 2.06. The highest BCUT2D eigenvalue weighted by molar-refractivity contribution is 5.91. The third-order valence-electron chi connectivity index (χ3n) is 3.27. The topological polar surface area (TPSA) is 68.3 Å². The van der Waals surface area contributed by atoms with Gasteiger partial charge < -0.3 is 14.2 Å². The molecular formula is C18H15FN2O3. The minimum Gasteiger partial charge on any atom is -0.465 e. The van der Waals surface area contributed by atoms with Crippen molar-refractivity contribution in [1.29, 1.82) is 0 Å². The molecule has 122 valence electrons. The second kappa shape index (κ2) is 7.41. The molecule has 6 heteroatoms. The molecule has 1 N–H and O–H groups in total. The molecule has 0 saturated carbocycles. The summed E-state index contributed by atoms with van der Waals surface area (Å²) in [4.78, 5) is 16.0. The smallest absolute Gasteiger partial charge is 0.244 e. The van der Waals surface area contributed by atoms with Gasteiger partial charge in [0.15, 0.2) is 0 Å². The van der Waals surface area contributed by atoms with Gasteiger partial charge in [-0.2, -0.15) is 0 Å². The number of carbonyl (C=O) groups is 1. The van der Waals surface area contributed by atoms with Gasteiger partial charge >= 0.3 is 0 Å². The van der Waals surface area contributed by atoms with Gasteiger partial charge in [-0.1, -0.05) is 0 Å². The molecule has 24 heavy (non-hydrogen) atoms. The lowest BCUT2D eigenvalue weighted by molar-refractivity contribution is -0.116. The number of halogens is 1. The summed E-state index contributed by atoms with van der Waals surface area (Å²) in [5.41, 5.74) is 1.41. The maximum atomic E-state index is 12.9. The van der Waals surface area contributed by atoms with Crippen LogP contribution in [0.4, 0.5) is 4.39 Å². The van der Waals surface area contributed by atoms with E-state index in [1.807, 2.05) is 0 Å². The molecule has 0 aliphatic carbocycles. The fraction of sp³-hybridized carbons (Fsp3) is 0.111. The standard InChI is InChI=1S/C18H15FN2O3/c19-14-5-3-13(4-6-14)18-21-15(12-24-18)9-10-20-17(22)8-7-16-2-1-11-23-16/h1-8,11-12H,9-10H2,(H,20,22)/b8-7+. The molecule has 1 aromatic carbocycles. The minimum absolute atomic E-state index is 0.214. The number of nitrogens with zero attached hydrogens (tertiary/aromatic N) is 1. The Kier molecular flexibility index (Phi) is 4.86. The molecular weight excluding hydrogens is 311 g/mol. The Labute approximate surface area is 137 Å². The van der Waals surface area contributed by atoms with Crippen LogP contribution >= 0.6 is 0 Å². The molecule has 0 bridgehead atoms. The molecule has 0 spiro atoms. The number of furan rings is 1.